The summed E-state index contributed by atoms with van der Waals surface area (Å²) >= 11 is 1.83. The van der Waals surface area contributed by atoms with Gasteiger partial charge in [-0.2, -0.15) is 4.37 Å². The maximum Gasteiger partial charge on any atom is 0.347 e. The summed E-state index contributed by atoms with van der Waals surface area (Å²) < 4.78 is 3.70. The van der Waals surface area contributed by atoms with E-state index in [4.69, 9.17) is 5.11 Å². The minimum atomic E-state index is -1.05. The van der Waals surface area contributed by atoms with Gasteiger partial charge in [0.05, 0.1) is 0 Å². The number of carboxylic acid groups (broad SMARTS) is 1. The second-order valence-electron chi connectivity index (χ2n) is 1.87. The summed E-state index contributed by atoms with van der Waals surface area (Å²) in [5, 5.41) is 8.30. The molecule has 4 nitrogen and oxygen atoms in total. The first-order chi connectivity index (χ1) is 5.65. The summed E-state index contributed by atoms with van der Waals surface area (Å²) in [6.07, 6.45) is 1.63. The van der Waals surface area contributed by atoms with E-state index in [2.05, 4.69) is 4.37 Å². The van der Waals surface area contributed by atoms with Gasteiger partial charge >= 0.3 is 5.97 Å². The van der Waals surface area contributed by atoms with Gasteiger partial charge < -0.3 is 5.11 Å². The number of rotatable bonds is 2. The predicted molar refractivity (Wildman–Crippen MR) is 46.9 cm³/mol. The van der Waals surface area contributed by atoms with E-state index in [0.29, 0.717) is 0 Å². The third-order valence-electron chi connectivity index (χ3n) is 1.12. The molecule has 0 bridgehead atoms. The van der Waals surface area contributed by atoms with Gasteiger partial charge in [-0.15, -0.1) is 0 Å². The van der Waals surface area contributed by atoms with Crippen molar-refractivity contribution in [1.82, 2.24) is 4.37 Å². The second kappa shape index (κ2) is 3.68. The highest BCUT2D eigenvalue weighted by atomic mass is 32.2. The number of hydrogen-bond donors (Lipinski definition) is 1. The molecule has 0 radical (unpaired) electrons. The first-order valence-electron chi connectivity index (χ1n) is 2.93. The average Bonchev–Trinajstić information content (AvgIpc) is 2.51. The molecule has 0 atom stereocenters. The molecule has 0 aliphatic carbocycles. The molecule has 0 aliphatic rings. The number of carbonyl (C=O) groups is 2. The van der Waals surface area contributed by atoms with E-state index in [-0.39, 0.29) is 15.7 Å². The average molecular weight is 203 g/mol. The minimum absolute atomic E-state index is 0.0902. The number of aromatic carboxylic acids is 1. The second-order valence-corrected chi connectivity index (χ2v) is 3.46. The maximum absolute atomic E-state index is 11.0. The summed E-state index contributed by atoms with van der Waals surface area (Å²) in [4.78, 5) is 21.4. The molecule has 0 aliphatic heterocycles. The van der Waals surface area contributed by atoms with E-state index in [1.165, 1.54) is 6.07 Å². The van der Waals surface area contributed by atoms with Gasteiger partial charge in [0.2, 0.25) is 5.12 Å². The summed E-state index contributed by atoms with van der Waals surface area (Å²) in [5.41, 5.74) is 0.213. The quantitative estimate of drug-likeness (QED) is 0.785. The lowest BCUT2D eigenvalue weighted by molar-refractivity contribution is 0.0702. The lowest BCUT2D eigenvalue weighted by Gasteiger charge is -1.85. The Morgan fingerprint density at radius 3 is 2.75 bits per heavy atom. The van der Waals surface area contributed by atoms with Crippen molar-refractivity contribution in [2.75, 3.05) is 6.26 Å². The van der Waals surface area contributed by atoms with Crippen LogP contribution in [0.5, 0.6) is 0 Å². The Balaban J connectivity index is 2.91. The molecular weight excluding hydrogens is 198 g/mol. The van der Waals surface area contributed by atoms with E-state index < -0.39 is 5.97 Å². The van der Waals surface area contributed by atoms with E-state index in [9.17, 15) is 9.59 Å². The standard InChI is InChI=1S/C6H5NO3S2/c1-11-6(10)3-2-4(5(8)9)12-7-3/h2H,1H3,(H,8,9). The smallest absolute Gasteiger partial charge is 0.347 e. The van der Waals surface area contributed by atoms with Crippen molar-refractivity contribution in [3.63, 3.8) is 0 Å². The molecule has 1 aromatic heterocycles. The first kappa shape index (κ1) is 9.21. The molecule has 0 fully saturated rings. The van der Waals surface area contributed by atoms with Crippen LogP contribution in [0.1, 0.15) is 20.2 Å². The van der Waals surface area contributed by atoms with Gasteiger partial charge in [0.25, 0.3) is 0 Å². The van der Waals surface area contributed by atoms with E-state index in [1.807, 2.05) is 0 Å². The van der Waals surface area contributed by atoms with Crippen LogP contribution in [0.25, 0.3) is 0 Å². The fourth-order valence-corrected chi connectivity index (χ4v) is 1.52. The molecule has 0 unspecified atom stereocenters. The van der Waals surface area contributed by atoms with Gasteiger partial charge in [-0.25, -0.2) is 4.79 Å². The SMILES string of the molecule is CSC(=O)c1cc(C(=O)O)sn1. The van der Waals surface area contributed by atoms with Crippen LogP contribution < -0.4 is 0 Å². The Morgan fingerprint density at radius 2 is 2.33 bits per heavy atom. The highest BCUT2D eigenvalue weighted by molar-refractivity contribution is 8.13. The third kappa shape index (κ3) is 1.83. The zero-order chi connectivity index (χ0) is 9.14. The lowest BCUT2D eigenvalue weighted by atomic mass is 10.4. The Kier molecular flexibility index (Phi) is 2.83. The molecule has 64 valence electrons. The molecule has 1 aromatic rings. The van der Waals surface area contributed by atoms with Crippen molar-refractivity contribution in [3.8, 4) is 0 Å². The Hall–Kier alpha value is -0.880. The Bertz CT molecular complexity index is 320. The van der Waals surface area contributed by atoms with Crippen molar-refractivity contribution in [1.29, 1.82) is 0 Å². The number of carboxylic acids is 1. The molecule has 1 N–H and O–H groups in total. The Morgan fingerprint density at radius 1 is 1.67 bits per heavy atom. The number of hydrogen-bond acceptors (Lipinski definition) is 5. The van der Waals surface area contributed by atoms with Gasteiger partial charge in [0.15, 0.2) is 0 Å². The monoisotopic (exact) mass is 203 g/mol. The largest absolute Gasteiger partial charge is 0.477 e. The van der Waals surface area contributed by atoms with Crippen LogP contribution in [-0.2, 0) is 0 Å². The third-order valence-corrected chi connectivity index (χ3v) is 2.47. The summed E-state index contributed by atoms with van der Waals surface area (Å²) in [5.74, 6) is -1.05. The minimum Gasteiger partial charge on any atom is -0.477 e. The van der Waals surface area contributed by atoms with Crippen LogP contribution in [0, 0.1) is 0 Å². The van der Waals surface area contributed by atoms with Crippen molar-refractivity contribution < 1.29 is 14.7 Å². The van der Waals surface area contributed by atoms with Crippen molar-refractivity contribution in [2.24, 2.45) is 0 Å². The number of carbonyl (C=O) groups excluding carboxylic acids is 1. The van der Waals surface area contributed by atoms with E-state index >= 15 is 0 Å². The van der Waals surface area contributed by atoms with Gasteiger partial charge in [-0.05, 0) is 23.9 Å². The molecule has 1 heterocycles. The summed E-state index contributed by atoms with van der Waals surface area (Å²) in [6, 6.07) is 1.28. The van der Waals surface area contributed by atoms with Gasteiger partial charge in [-0.1, -0.05) is 11.8 Å². The van der Waals surface area contributed by atoms with Crippen molar-refractivity contribution in [3.05, 3.63) is 16.6 Å². The fraction of sp³-hybridized carbons (Fsp3) is 0.167. The summed E-state index contributed by atoms with van der Waals surface area (Å²) in [6.45, 7) is 0. The van der Waals surface area contributed by atoms with Crippen LogP contribution >= 0.6 is 23.3 Å². The van der Waals surface area contributed by atoms with Crippen molar-refractivity contribution in [2.45, 2.75) is 0 Å². The molecule has 6 heteroatoms. The van der Waals surface area contributed by atoms with E-state index in [0.717, 1.165) is 23.3 Å². The van der Waals surface area contributed by atoms with E-state index in [1.54, 1.807) is 6.26 Å². The topological polar surface area (TPSA) is 67.3 Å². The van der Waals surface area contributed by atoms with Crippen LogP contribution in [-0.4, -0.2) is 26.8 Å². The number of thioether (sulfide) groups is 1. The molecule has 1 rings (SSSR count). The lowest BCUT2D eigenvalue weighted by Crippen LogP contribution is -1.93. The van der Waals surface area contributed by atoms with Crippen LogP contribution in [0.2, 0.25) is 0 Å². The number of aromatic nitrogens is 1. The van der Waals surface area contributed by atoms with Gasteiger partial charge in [0.1, 0.15) is 10.6 Å². The normalized spacial score (nSPS) is 9.75. The van der Waals surface area contributed by atoms with Crippen LogP contribution in [0.4, 0.5) is 0 Å². The van der Waals surface area contributed by atoms with Crippen LogP contribution in [0.15, 0.2) is 6.07 Å². The van der Waals surface area contributed by atoms with Crippen LogP contribution in [0.3, 0.4) is 0 Å². The van der Waals surface area contributed by atoms with Crippen molar-refractivity contribution >= 4 is 34.4 Å². The molecule has 0 aromatic carbocycles. The first-order valence-corrected chi connectivity index (χ1v) is 4.93. The highest BCUT2D eigenvalue weighted by Crippen LogP contribution is 2.14. The molecule has 0 saturated carbocycles. The zero-order valence-corrected chi connectivity index (χ0v) is 7.74. The zero-order valence-electron chi connectivity index (χ0n) is 6.10. The molecule has 12 heavy (non-hydrogen) atoms. The maximum atomic E-state index is 11.0. The molecule has 0 amide bonds. The molecular formula is C6H5NO3S2. The summed E-state index contributed by atoms with van der Waals surface area (Å²) in [7, 11) is 0. The molecule has 0 saturated heterocycles. The van der Waals surface area contributed by atoms with Gasteiger partial charge in [0, 0.05) is 0 Å². The predicted octanol–water partition coefficient (Wildman–Crippen LogP) is 1.34. The number of nitrogens with zero attached hydrogens (tertiary/aromatic N) is 1. The fourth-order valence-electron chi connectivity index (χ4n) is 0.577. The van der Waals surface area contributed by atoms with Gasteiger partial charge in [-0.3, -0.25) is 4.79 Å². The highest BCUT2D eigenvalue weighted by Gasteiger charge is 2.12. The Labute approximate surface area is 76.8 Å². The molecule has 0 spiro atoms.